The van der Waals surface area contributed by atoms with E-state index in [0.717, 1.165) is 16.3 Å². The average Bonchev–Trinajstić information content (AvgIpc) is 2.51. The number of fused-ring (bicyclic) bond motifs is 1. The lowest BCUT2D eigenvalue weighted by atomic mass is 9.98. The van der Waals surface area contributed by atoms with Gasteiger partial charge in [0.1, 0.15) is 6.04 Å². The molecule has 0 saturated carbocycles. The average molecular weight is 299 g/mol. The smallest absolute Gasteiger partial charge is 0.326 e. The Balaban J connectivity index is 2.08. The van der Waals surface area contributed by atoms with E-state index in [4.69, 9.17) is 0 Å². The summed E-state index contributed by atoms with van der Waals surface area (Å²) in [4.78, 5) is 23.4. The van der Waals surface area contributed by atoms with Crippen molar-refractivity contribution < 1.29 is 14.7 Å². The van der Waals surface area contributed by atoms with Gasteiger partial charge in [-0.1, -0.05) is 62.7 Å². The van der Waals surface area contributed by atoms with E-state index < -0.39 is 12.0 Å². The van der Waals surface area contributed by atoms with Gasteiger partial charge in [-0.05, 0) is 22.3 Å². The van der Waals surface area contributed by atoms with E-state index >= 15 is 0 Å². The summed E-state index contributed by atoms with van der Waals surface area (Å²) < 4.78 is 0. The second kappa shape index (κ2) is 7.07. The Morgan fingerprint density at radius 2 is 1.82 bits per heavy atom. The van der Waals surface area contributed by atoms with Crippen LogP contribution in [0.5, 0.6) is 0 Å². The van der Waals surface area contributed by atoms with Crippen LogP contribution in [0.3, 0.4) is 0 Å². The van der Waals surface area contributed by atoms with Gasteiger partial charge in [0.05, 0.1) is 6.42 Å². The lowest BCUT2D eigenvalue weighted by molar-refractivity contribution is -0.143. The van der Waals surface area contributed by atoms with Crippen molar-refractivity contribution in [2.75, 3.05) is 0 Å². The highest BCUT2D eigenvalue weighted by atomic mass is 16.4. The fourth-order valence-corrected chi connectivity index (χ4v) is 2.44. The number of amides is 1. The van der Waals surface area contributed by atoms with Crippen molar-refractivity contribution in [2.24, 2.45) is 5.92 Å². The van der Waals surface area contributed by atoms with Crippen molar-refractivity contribution in [3.8, 4) is 0 Å². The van der Waals surface area contributed by atoms with E-state index in [1.807, 2.05) is 56.3 Å². The summed E-state index contributed by atoms with van der Waals surface area (Å²) in [5, 5.41) is 14.0. The molecule has 0 heterocycles. The fourth-order valence-electron chi connectivity index (χ4n) is 2.44. The first kappa shape index (κ1) is 16.0. The molecule has 0 radical (unpaired) electrons. The largest absolute Gasteiger partial charge is 0.480 e. The van der Waals surface area contributed by atoms with Gasteiger partial charge in [0.2, 0.25) is 5.91 Å². The molecule has 2 atom stereocenters. The predicted molar refractivity (Wildman–Crippen MR) is 86.7 cm³/mol. The summed E-state index contributed by atoms with van der Waals surface area (Å²) in [6.07, 6.45) is 0.887. The number of carboxylic acids is 1. The highest BCUT2D eigenvalue weighted by Crippen LogP contribution is 2.16. The number of aliphatic carboxylic acids is 1. The molecule has 116 valence electrons. The Kier molecular flexibility index (Phi) is 5.15. The topological polar surface area (TPSA) is 66.4 Å². The Morgan fingerprint density at radius 3 is 2.45 bits per heavy atom. The zero-order valence-electron chi connectivity index (χ0n) is 12.9. The standard InChI is InChI=1S/C18H21NO3/c1-3-12(2)17(18(21)22)19-16(20)11-13-8-9-14-6-4-5-7-15(14)10-13/h4-10,12,17H,3,11H2,1-2H3,(H,19,20)(H,21,22)/t12-,17-/m0/s1. The highest BCUT2D eigenvalue weighted by molar-refractivity contribution is 5.87. The number of hydrogen-bond acceptors (Lipinski definition) is 2. The number of carbonyl (C=O) groups excluding carboxylic acids is 1. The first-order chi connectivity index (χ1) is 10.5. The lowest BCUT2D eigenvalue weighted by Crippen LogP contribution is -2.45. The molecule has 0 spiro atoms. The second-order valence-electron chi connectivity index (χ2n) is 5.63. The normalized spacial score (nSPS) is 13.5. The summed E-state index contributed by atoms with van der Waals surface area (Å²) in [6.45, 7) is 3.74. The molecule has 0 aliphatic rings. The van der Waals surface area contributed by atoms with E-state index in [9.17, 15) is 14.7 Å². The zero-order chi connectivity index (χ0) is 16.1. The van der Waals surface area contributed by atoms with Crippen molar-refractivity contribution in [2.45, 2.75) is 32.7 Å². The van der Waals surface area contributed by atoms with E-state index in [1.54, 1.807) is 0 Å². The number of benzene rings is 2. The van der Waals surface area contributed by atoms with Crippen molar-refractivity contribution in [3.05, 3.63) is 48.0 Å². The van der Waals surface area contributed by atoms with Crippen LogP contribution in [0, 0.1) is 5.92 Å². The molecule has 2 aromatic carbocycles. The number of nitrogens with one attached hydrogen (secondary N) is 1. The molecule has 2 aromatic rings. The number of carbonyl (C=O) groups is 2. The molecule has 4 nitrogen and oxygen atoms in total. The first-order valence-electron chi connectivity index (χ1n) is 7.51. The lowest BCUT2D eigenvalue weighted by Gasteiger charge is -2.20. The Hall–Kier alpha value is -2.36. The van der Waals surface area contributed by atoms with Gasteiger partial charge in [0, 0.05) is 0 Å². The molecule has 0 aromatic heterocycles. The maximum Gasteiger partial charge on any atom is 0.326 e. The maximum atomic E-state index is 12.1. The summed E-state index contributed by atoms with van der Waals surface area (Å²) in [5.41, 5.74) is 0.879. The van der Waals surface area contributed by atoms with Crippen LogP contribution in [-0.2, 0) is 16.0 Å². The summed E-state index contributed by atoms with van der Waals surface area (Å²) in [5.74, 6) is -1.35. The van der Waals surface area contributed by atoms with Crippen molar-refractivity contribution in [3.63, 3.8) is 0 Å². The molecule has 1 amide bonds. The maximum absolute atomic E-state index is 12.1. The van der Waals surface area contributed by atoms with Gasteiger partial charge in [-0.15, -0.1) is 0 Å². The Bertz CT molecular complexity index is 681. The first-order valence-corrected chi connectivity index (χ1v) is 7.51. The molecule has 0 aliphatic heterocycles. The van der Waals surface area contributed by atoms with Crippen molar-refractivity contribution in [1.82, 2.24) is 5.32 Å². The van der Waals surface area contributed by atoms with Gasteiger partial charge >= 0.3 is 5.97 Å². The van der Waals surface area contributed by atoms with Crippen LogP contribution in [0.2, 0.25) is 0 Å². The molecular formula is C18H21NO3. The minimum atomic E-state index is -0.985. The van der Waals surface area contributed by atoms with Crippen molar-refractivity contribution >= 4 is 22.6 Å². The van der Waals surface area contributed by atoms with Gasteiger partial charge in [-0.2, -0.15) is 0 Å². The number of carboxylic acid groups (broad SMARTS) is 1. The molecule has 2 N–H and O–H groups in total. The third kappa shape index (κ3) is 3.85. The van der Waals surface area contributed by atoms with Crippen LogP contribution < -0.4 is 5.32 Å². The van der Waals surface area contributed by atoms with Crippen LogP contribution in [-0.4, -0.2) is 23.0 Å². The minimum Gasteiger partial charge on any atom is -0.480 e. The third-order valence-electron chi connectivity index (χ3n) is 3.97. The molecule has 0 unspecified atom stereocenters. The molecule has 4 heteroatoms. The fraction of sp³-hybridized carbons (Fsp3) is 0.333. The van der Waals surface area contributed by atoms with Gasteiger partial charge in [-0.3, -0.25) is 4.79 Å². The van der Waals surface area contributed by atoms with Crippen LogP contribution in [0.15, 0.2) is 42.5 Å². The predicted octanol–water partition coefficient (Wildman–Crippen LogP) is 3.00. The highest BCUT2D eigenvalue weighted by Gasteiger charge is 2.25. The molecular weight excluding hydrogens is 278 g/mol. The minimum absolute atomic E-state index is 0.0990. The molecule has 0 aliphatic carbocycles. The van der Waals surface area contributed by atoms with E-state index in [1.165, 1.54) is 0 Å². The quantitative estimate of drug-likeness (QED) is 0.861. The number of rotatable bonds is 6. The van der Waals surface area contributed by atoms with Gasteiger partial charge < -0.3 is 10.4 Å². The third-order valence-corrected chi connectivity index (χ3v) is 3.97. The molecule has 0 bridgehead atoms. The van der Waals surface area contributed by atoms with Gasteiger partial charge in [0.25, 0.3) is 0 Å². The second-order valence-corrected chi connectivity index (χ2v) is 5.63. The molecule has 22 heavy (non-hydrogen) atoms. The Labute approximate surface area is 130 Å². The monoisotopic (exact) mass is 299 g/mol. The van der Waals surface area contributed by atoms with Gasteiger partial charge in [0.15, 0.2) is 0 Å². The zero-order valence-corrected chi connectivity index (χ0v) is 12.9. The summed E-state index contributed by atoms with van der Waals surface area (Å²) >= 11 is 0. The van der Waals surface area contributed by atoms with Crippen molar-refractivity contribution in [1.29, 1.82) is 0 Å². The van der Waals surface area contributed by atoms with Gasteiger partial charge in [-0.25, -0.2) is 4.79 Å². The summed E-state index contributed by atoms with van der Waals surface area (Å²) in [7, 11) is 0. The molecule has 0 saturated heterocycles. The van der Waals surface area contributed by atoms with E-state index in [-0.39, 0.29) is 18.2 Å². The summed E-state index contributed by atoms with van der Waals surface area (Å²) in [6, 6.07) is 12.9. The molecule has 2 rings (SSSR count). The number of hydrogen-bond donors (Lipinski definition) is 2. The molecule has 0 fully saturated rings. The van der Waals surface area contributed by atoms with Crippen LogP contribution in [0.1, 0.15) is 25.8 Å². The van der Waals surface area contributed by atoms with E-state index in [0.29, 0.717) is 6.42 Å². The Morgan fingerprint density at radius 1 is 1.14 bits per heavy atom. The van der Waals surface area contributed by atoms with Crippen LogP contribution in [0.4, 0.5) is 0 Å². The SMILES string of the molecule is CC[C@H](C)[C@H](NC(=O)Cc1ccc2ccccc2c1)C(=O)O. The van der Waals surface area contributed by atoms with E-state index in [2.05, 4.69) is 5.32 Å². The van der Waals surface area contributed by atoms with Crippen LogP contribution >= 0.6 is 0 Å². The van der Waals surface area contributed by atoms with Crippen LogP contribution in [0.25, 0.3) is 10.8 Å².